The van der Waals surface area contributed by atoms with Crippen LogP contribution in [0.25, 0.3) is 11.0 Å². The van der Waals surface area contributed by atoms with Crippen LogP contribution >= 0.6 is 11.3 Å². The zero-order valence-corrected chi connectivity index (χ0v) is 11.3. The van der Waals surface area contributed by atoms with Crippen molar-refractivity contribution < 1.29 is 4.92 Å². The first-order valence-electron chi connectivity index (χ1n) is 6.08. The van der Waals surface area contributed by atoms with Crippen LogP contribution in [0.5, 0.6) is 0 Å². The summed E-state index contributed by atoms with van der Waals surface area (Å²) in [5, 5.41) is 15.8. The summed E-state index contributed by atoms with van der Waals surface area (Å²) in [7, 11) is 0. The van der Waals surface area contributed by atoms with E-state index in [-0.39, 0.29) is 9.92 Å². The van der Waals surface area contributed by atoms with Gasteiger partial charge in [0.15, 0.2) is 0 Å². The van der Waals surface area contributed by atoms with E-state index >= 15 is 0 Å². The number of rotatable bonds is 5. The summed E-state index contributed by atoms with van der Waals surface area (Å²) in [6, 6.07) is 9.44. The van der Waals surface area contributed by atoms with E-state index in [0.29, 0.717) is 13.1 Å². The number of benzene rings is 1. The van der Waals surface area contributed by atoms with Gasteiger partial charge < -0.3 is 10.3 Å². The number of aromatic amines is 1. The first-order chi connectivity index (χ1) is 9.72. The molecule has 0 aliphatic rings. The van der Waals surface area contributed by atoms with Gasteiger partial charge in [-0.3, -0.25) is 10.1 Å². The molecular weight excluding hydrogens is 276 g/mol. The Labute approximate surface area is 118 Å². The first kappa shape index (κ1) is 12.8. The molecule has 20 heavy (non-hydrogen) atoms. The quantitative estimate of drug-likeness (QED) is 0.558. The van der Waals surface area contributed by atoms with E-state index in [0.717, 1.165) is 33.8 Å². The minimum Gasteiger partial charge on any atom is -0.341 e. The van der Waals surface area contributed by atoms with Crippen molar-refractivity contribution in [1.82, 2.24) is 15.3 Å². The maximum atomic E-state index is 10.6. The SMILES string of the molecule is O=[N+]([O-])c1cc(CNCc2nc3ccccc3[nH]2)cs1. The largest absolute Gasteiger partial charge is 0.341 e. The molecule has 0 saturated heterocycles. The van der Waals surface area contributed by atoms with E-state index in [1.54, 1.807) is 11.4 Å². The van der Waals surface area contributed by atoms with Gasteiger partial charge in [-0.1, -0.05) is 23.5 Å². The molecule has 0 unspecified atom stereocenters. The summed E-state index contributed by atoms with van der Waals surface area (Å²) in [6.07, 6.45) is 0. The number of hydrogen-bond donors (Lipinski definition) is 2. The van der Waals surface area contributed by atoms with Gasteiger partial charge in [-0.2, -0.15) is 0 Å². The first-order valence-corrected chi connectivity index (χ1v) is 6.96. The molecule has 2 N–H and O–H groups in total. The van der Waals surface area contributed by atoms with Crippen LogP contribution in [0.15, 0.2) is 35.7 Å². The molecule has 0 saturated carbocycles. The summed E-state index contributed by atoms with van der Waals surface area (Å²) in [6.45, 7) is 1.18. The average molecular weight is 288 g/mol. The van der Waals surface area contributed by atoms with Crippen LogP contribution in [0, 0.1) is 10.1 Å². The van der Waals surface area contributed by atoms with Crippen molar-refractivity contribution in [1.29, 1.82) is 0 Å². The van der Waals surface area contributed by atoms with E-state index in [9.17, 15) is 10.1 Å². The zero-order valence-electron chi connectivity index (χ0n) is 10.5. The molecule has 0 bridgehead atoms. The average Bonchev–Trinajstić information content (AvgIpc) is 3.04. The van der Waals surface area contributed by atoms with Crippen LogP contribution in [0.4, 0.5) is 5.00 Å². The molecule has 0 spiro atoms. The van der Waals surface area contributed by atoms with Crippen molar-refractivity contribution in [3.05, 3.63) is 57.2 Å². The molecule has 6 nitrogen and oxygen atoms in total. The van der Waals surface area contributed by atoms with Crippen molar-refractivity contribution in [2.24, 2.45) is 0 Å². The van der Waals surface area contributed by atoms with E-state index in [4.69, 9.17) is 0 Å². The zero-order chi connectivity index (χ0) is 13.9. The van der Waals surface area contributed by atoms with Gasteiger partial charge in [-0.05, 0) is 17.7 Å². The van der Waals surface area contributed by atoms with E-state index < -0.39 is 0 Å². The minimum absolute atomic E-state index is 0.172. The monoisotopic (exact) mass is 288 g/mol. The molecule has 2 aromatic heterocycles. The van der Waals surface area contributed by atoms with Crippen molar-refractivity contribution >= 4 is 27.4 Å². The molecule has 0 aliphatic carbocycles. The Morgan fingerprint density at radius 2 is 2.20 bits per heavy atom. The topological polar surface area (TPSA) is 83.8 Å². The standard InChI is InChI=1S/C13H12N4O2S/c18-17(19)13-5-9(8-20-13)6-14-7-12-15-10-3-1-2-4-11(10)16-12/h1-5,8,14H,6-7H2,(H,15,16). The number of fused-ring (bicyclic) bond motifs is 1. The molecule has 3 rings (SSSR count). The summed E-state index contributed by atoms with van der Waals surface area (Å²) in [4.78, 5) is 17.9. The number of H-pyrrole nitrogens is 1. The minimum atomic E-state index is -0.368. The van der Waals surface area contributed by atoms with Crippen LogP contribution < -0.4 is 5.32 Å². The van der Waals surface area contributed by atoms with Crippen molar-refractivity contribution in [3.8, 4) is 0 Å². The number of nitrogens with one attached hydrogen (secondary N) is 2. The number of nitro groups is 1. The smallest absolute Gasteiger partial charge is 0.324 e. The number of nitrogens with zero attached hydrogens (tertiary/aromatic N) is 2. The number of aromatic nitrogens is 2. The van der Waals surface area contributed by atoms with Gasteiger partial charge in [-0.25, -0.2) is 4.98 Å². The second-order valence-electron chi connectivity index (χ2n) is 4.35. The van der Waals surface area contributed by atoms with E-state index in [1.807, 2.05) is 24.3 Å². The lowest BCUT2D eigenvalue weighted by Gasteiger charge is -1.99. The number of imidazole rings is 1. The second kappa shape index (κ2) is 5.40. The van der Waals surface area contributed by atoms with Gasteiger partial charge in [0.1, 0.15) is 5.82 Å². The molecule has 0 radical (unpaired) electrons. The van der Waals surface area contributed by atoms with Crippen molar-refractivity contribution in [3.63, 3.8) is 0 Å². The third-order valence-electron chi connectivity index (χ3n) is 2.88. The van der Waals surface area contributed by atoms with Crippen LogP contribution in [0.1, 0.15) is 11.4 Å². The maximum Gasteiger partial charge on any atom is 0.324 e. The lowest BCUT2D eigenvalue weighted by molar-refractivity contribution is -0.380. The lowest BCUT2D eigenvalue weighted by atomic mass is 10.3. The second-order valence-corrected chi connectivity index (χ2v) is 5.24. The van der Waals surface area contributed by atoms with Crippen LogP contribution in [0.2, 0.25) is 0 Å². The molecule has 102 valence electrons. The predicted molar refractivity (Wildman–Crippen MR) is 77.6 cm³/mol. The van der Waals surface area contributed by atoms with Crippen LogP contribution in [0.3, 0.4) is 0 Å². The fourth-order valence-electron chi connectivity index (χ4n) is 1.97. The predicted octanol–water partition coefficient (Wildman–Crippen LogP) is 2.82. The Balaban J connectivity index is 1.60. The molecule has 7 heteroatoms. The van der Waals surface area contributed by atoms with Gasteiger partial charge in [0.05, 0.1) is 22.5 Å². The van der Waals surface area contributed by atoms with Crippen molar-refractivity contribution in [2.75, 3.05) is 0 Å². The Morgan fingerprint density at radius 3 is 2.95 bits per heavy atom. The third-order valence-corrected chi connectivity index (χ3v) is 3.81. The Hall–Kier alpha value is -2.25. The lowest BCUT2D eigenvalue weighted by Crippen LogP contribution is -2.13. The number of para-hydroxylation sites is 2. The highest BCUT2D eigenvalue weighted by Crippen LogP contribution is 2.22. The maximum absolute atomic E-state index is 10.6. The molecule has 2 heterocycles. The molecule has 0 amide bonds. The van der Waals surface area contributed by atoms with Crippen molar-refractivity contribution in [2.45, 2.75) is 13.1 Å². The van der Waals surface area contributed by atoms with Gasteiger partial charge in [-0.15, -0.1) is 0 Å². The van der Waals surface area contributed by atoms with Gasteiger partial charge in [0.25, 0.3) is 0 Å². The summed E-state index contributed by atoms with van der Waals surface area (Å²) < 4.78 is 0. The Bertz CT molecular complexity index is 717. The highest BCUT2D eigenvalue weighted by molar-refractivity contribution is 7.13. The summed E-state index contributed by atoms with van der Waals surface area (Å²) in [5.41, 5.74) is 2.86. The molecule has 3 aromatic rings. The van der Waals surface area contributed by atoms with Gasteiger partial charge in [0, 0.05) is 18.0 Å². The third kappa shape index (κ3) is 2.68. The molecule has 0 aliphatic heterocycles. The van der Waals surface area contributed by atoms with Crippen LogP contribution in [-0.2, 0) is 13.1 Å². The van der Waals surface area contributed by atoms with E-state index in [2.05, 4.69) is 15.3 Å². The van der Waals surface area contributed by atoms with Gasteiger partial charge in [0.2, 0.25) is 0 Å². The Kier molecular flexibility index (Phi) is 3.44. The number of thiophene rings is 1. The molecule has 0 atom stereocenters. The normalized spacial score (nSPS) is 11.0. The Morgan fingerprint density at radius 1 is 1.35 bits per heavy atom. The highest BCUT2D eigenvalue weighted by atomic mass is 32.1. The molecular formula is C13H12N4O2S. The summed E-state index contributed by atoms with van der Waals surface area (Å²) >= 11 is 1.15. The molecule has 1 aromatic carbocycles. The van der Waals surface area contributed by atoms with Crippen LogP contribution in [-0.4, -0.2) is 14.9 Å². The fraction of sp³-hybridized carbons (Fsp3) is 0.154. The summed E-state index contributed by atoms with van der Waals surface area (Å²) in [5.74, 6) is 0.857. The highest BCUT2D eigenvalue weighted by Gasteiger charge is 2.09. The fourth-order valence-corrected chi connectivity index (χ4v) is 2.69. The molecule has 0 fully saturated rings. The van der Waals surface area contributed by atoms with Gasteiger partial charge >= 0.3 is 5.00 Å². The van der Waals surface area contributed by atoms with E-state index in [1.165, 1.54) is 0 Å². The number of hydrogen-bond acceptors (Lipinski definition) is 5.